The Morgan fingerprint density at radius 3 is 2.38 bits per heavy atom. The highest BCUT2D eigenvalue weighted by Gasteiger charge is 2.07. The fraction of sp³-hybridized carbons (Fsp3) is 0.0556. The van der Waals surface area contributed by atoms with E-state index in [9.17, 15) is 4.79 Å². The third kappa shape index (κ3) is 3.67. The number of hydrogen-bond donors (Lipinski definition) is 0. The average molecular weight is 321 g/mol. The molecule has 0 radical (unpaired) electrons. The number of carbonyl (C=O) groups is 1. The van der Waals surface area contributed by atoms with Gasteiger partial charge in [0.1, 0.15) is 0 Å². The van der Waals surface area contributed by atoms with E-state index >= 15 is 0 Å². The molecule has 120 valence electrons. The van der Waals surface area contributed by atoms with E-state index in [1.807, 2.05) is 30.3 Å². The summed E-state index contributed by atoms with van der Waals surface area (Å²) in [7, 11) is 1.51. The predicted molar refractivity (Wildman–Crippen MR) is 88.1 cm³/mol. The lowest BCUT2D eigenvalue weighted by atomic mass is 10.3. The van der Waals surface area contributed by atoms with E-state index in [1.54, 1.807) is 41.2 Å². The quantitative estimate of drug-likeness (QED) is 0.744. The van der Waals surface area contributed by atoms with Crippen LogP contribution >= 0.6 is 0 Å². The second-order valence-electron chi connectivity index (χ2n) is 4.80. The predicted octanol–water partition coefficient (Wildman–Crippen LogP) is 2.98. The van der Waals surface area contributed by atoms with Gasteiger partial charge in [0.15, 0.2) is 11.5 Å². The van der Waals surface area contributed by atoms with Crippen LogP contribution in [0.1, 0.15) is 0 Å². The first-order chi connectivity index (χ1) is 11.8. The zero-order valence-electron chi connectivity index (χ0n) is 13.0. The zero-order chi connectivity index (χ0) is 16.8. The van der Waals surface area contributed by atoms with Gasteiger partial charge in [0, 0.05) is 6.20 Å². The van der Waals surface area contributed by atoms with Crippen molar-refractivity contribution in [3.8, 4) is 17.2 Å². The second-order valence-corrected chi connectivity index (χ2v) is 4.80. The van der Waals surface area contributed by atoms with Crippen LogP contribution in [0.4, 0.5) is 4.79 Å². The Bertz CT molecular complexity index is 884. The SMILES string of the molecule is COc1ccccc1OC(=O)/N=c1\ccn(-c2ccccc2)nc1. The fourth-order valence-electron chi connectivity index (χ4n) is 2.07. The molecule has 0 unspecified atom stereocenters. The van der Waals surface area contributed by atoms with Crippen LogP contribution in [0.5, 0.6) is 11.5 Å². The van der Waals surface area contributed by atoms with Gasteiger partial charge in [-0.25, -0.2) is 9.48 Å². The molecule has 2 aromatic carbocycles. The molecule has 0 saturated carbocycles. The Kier molecular flexibility index (Phi) is 4.67. The number of nitrogens with zero attached hydrogens (tertiary/aromatic N) is 3. The van der Waals surface area contributed by atoms with Crippen molar-refractivity contribution < 1.29 is 14.3 Å². The van der Waals surface area contributed by atoms with E-state index in [4.69, 9.17) is 9.47 Å². The summed E-state index contributed by atoms with van der Waals surface area (Å²) in [5.41, 5.74) is 0.917. The number of methoxy groups -OCH3 is 1. The molecule has 3 rings (SSSR count). The van der Waals surface area contributed by atoms with Crippen LogP contribution in [-0.2, 0) is 0 Å². The molecule has 0 spiro atoms. The van der Waals surface area contributed by atoms with Crippen molar-refractivity contribution >= 4 is 6.09 Å². The zero-order valence-corrected chi connectivity index (χ0v) is 13.0. The van der Waals surface area contributed by atoms with Crippen LogP contribution in [0.25, 0.3) is 5.69 Å². The standard InChI is InChI=1S/C18H15N3O3/c1-23-16-9-5-6-10-17(16)24-18(22)20-14-11-12-21(19-13-14)15-7-3-2-4-8-15/h2-13H,1H3/b20-14+. The molecule has 0 aliphatic carbocycles. The number of ether oxygens (including phenoxy) is 2. The summed E-state index contributed by atoms with van der Waals surface area (Å²) in [6.07, 6.45) is 2.49. The van der Waals surface area contributed by atoms with Gasteiger partial charge in [-0.15, -0.1) is 0 Å². The number of para-hydroxylation sites is 3. The molecule has 1 aromatic heterocycles. The van der Waals surface area contributed by atoms with Crippen LogP contribution in [0, 0.1) is 0 Å². The first-order valence-electron chi connectivity index (χ1n) is 7.26. The Balaban J connectivity index is 1.77. The lowest BCUT2D eigenvalue weighted by Crippen LogP contribution is -2.13. The second kappa shape index (κ2) is 7.23. The van der Waals surface area contributed by atoms with Gasteiger partial charge >= 0.3 is 6.09 Å². The Morgan fingerprint density at radius 2 is 1.71 bits per heavy atom. The molecule has 0 atom stereocenters. The van der Waals surface area contributed by atoms with Crippen molar-refractivity contribution in [1.29, 1.82) is 0 Å². The summed E-state index contributed by atoms with van der Waals surface area (Å²) < 4.78 is 12.0. The van der Waals surface area contributed by atoms with Crippen LogP contribution < -0.4 is 14.8 Å². The number of aromatic nitrogens is 2. The van der Waals surface area contributed by atoms with Crippen LogP contribution in [-0.4, -0.2) is 23.0 Å². The molecule has 6 heteroatoms. The van der Waals surface area contributed by atoms with Crippen molar-refractivity contribution in [2.45, 2.75) is 0 Å². The summed E-state index contributed by atoms with van der Waals surface area (Å²) in [5, 5.41) is 4.64. The van der Waals surface area contributed by atoms with Crippen molar-refractivity contribution in [1.82, 2.24) is 9.78 Å². The Labute approximate surface area is 138 Å². The molecule has 0 saturated heterocycles. The molecule has 1 amide bonds. The van der Waals surface area contributed by atoms with Gasteiger partial charge in [0.25, 0.3) is 0 Å². The highest BCUT2D eigenvalue weighted by molar-refractivity contribution is 5.72. The summed E-state index contributed by atoms with van der Waals surface area (Å²) in [6, 6.07) is 18.2. The highest BCUT2D eigenvalue weighted by Crippen LogP contribution is 2.25. The maximum Gasteiger partial charge on any atom is 0.439 e. The topological polar surface area (TPSA) is 65.7 Å². The van der Waals surface area contributed by atoms with E-state index in [0.29, 0.717) is 16.9 Å². The highest BCUT2D eigenvalue weighted by atomic mass is 16.6. The van der Waals surface area contributed by atoms with E-state index < -0.39 is 6.09 Å². The van der Waals surface area contributed by atoms with Crippen molar-refractivity contribution in [3.63, 3.8) is 0 Å². The van der Waals surface area contributed by atoms with Gasteiger partial charge in [0.2, 0.25) is 0 Å². The molecular weight excluding hydrogens is 306 g/mol. The molecule has 1 heterocycles. The molecule has 0 N–H and O–H groups in total. The number of carbonyl (C=O) groups excluding carboxylic acids is 1. The molecule has 24 heavy (non-hydrogen) atoms. The molecule has 0 aliphatic rings. The summed E-state index contributed by atoms with van der Waals surface area (Å²) >= 11 is 0. The number of hydrogen-bond acceptors (Lipinski definition) is 4. The summed E-state index contributed by atoms with van der Waals surface area (Å²) in [4.78, 5) is 15.8. The number of benzene rings is 2. The largest absolute Gasteiger partial charge is 0.493 e. The lowest BCUT2D eigenvalue weighted by molar-refractivity contribution is 0.208. The van der Waals surface area contributed by atoms with Gasteiger partial charge in [-0.2, -0.15) is 10.1 Å². The monoisotopic (exact) mass is 321 g/mol. The first-order valence-corrected chi connectivity index (χ1v) is 7.26. The minimum absolute atomic E-state index is 0.317. The third-order valence-corrected chi connectivity index (χ3v) is 3.21. The third-order valence-electron chi connectivity index (χ3n) is 3.21. The minimum Gasteiger partial charge on any atom is -0.493 e. The smallest absolute Gasteiger partial charge is 0.439 e. The van der Waals surface area contributed by atoms with Crippen LogP contribution in [0.3, 0.4) is 0 Å². The van der Waals surface area contributed by atoms with Crippen LogP contribution in [0.15, 0.2) is 78.0 Å². The number of rotatable bonds is 3. The maximum atomic E-state index is 11.9. The summed E-state index contributed by atoms with van der Waals surface area (Å²) in [5.74, 6) is 0.783. The first kappa shape index (κ1) is 15.5. The van der Waals surface area contributed by atoms with Gasteiger partial charge in [-0.05, 0) is 30.3 Å². The molecule has 0 fully saturated rings. The van der Waals surface area contributed by atoms with Gasteiger partial charge < -0.3 is 9.47 Å². The van der Waals surface area contributed by atoms with E-state index in [-0.39, 0.29) is 0 Å². The Morgan fingerprint density at radius 1 is 1.00 bits per heavy atom. The van der Waals surface area contributed by atoms with Gasteiger partial charge in [-0.3, -0.25) is 0 Å². The van der Waals surface area contributed by atoms with Crippen molar-refractivity contribution in [2.24, 2.45) is 4.99 Å². The normalized spacial score (nSPS) is 11.1. The minimum atomic E-state index is -0.737. The fourth-order valence-corrected chi connectivity index (χ4v) is 2.07. The summed E-state index contributed by atoms with van der Waals surface area (Å²) in [6.45, 7) is 0. The van der Waals surface area contributed by atoms with Gasteiger partial charge in [-0.1, -0.05) is 30.3 Å². The van der Waals surface area contributed by atoms with E-state index in [0.717, 1.165) is 5.69 Å². The average Bonchev–Trinajstić information content (AvgIpc) is 2.63. The van der Waals surface area contributed by atoms with Gasteiger partial charge in [0.05, 0.1) is 24.4 Å². The van der Waals surface area contributed by atoms with E-state index in [2.05, 4.69) is 10.1 Å². The molecule has 0 bridgehead atoms. The van der Waals surface area contributed by atoms with E-state index in [1.165, 1.54) is 13.3 Å². The number of amides is 1. The lowest BCUT2D eigenvalue weighted by Gasteiger charge is -2.06. The molecular formula is C18H15N3O3. The molecule has 3 aromatic rings. The van der Waals surface area contributed by atoms with Crippen molar-refractivity contribution in [2.75, 3.05) is 7.11 Å². The maximum absolute atomic E-state index is 11.9. The van der Waals surface area contributed by atoms with Crippen LogP contribution in [0.2, 0.25) is 0 Å². The van der Waals surface area contributed by atoms with Crippen molar-refractivity contribution in [3.05, 3.63) is 78.4 Å². The Hall–Kier alpha value is -3.41. The molecule has 0 aliphatic heterocycles. The molecule has 6 nitrogen and oxygen atoms in total.